The van der Waals surface area contributed by atoms with Gasteiger partial charge in [-0.15, -0.1) is 0 Å². The number of halogens is 1. The lowest BCUT2D eigenvalue weighted by molar-refractivity contribution is 0.0312. The molecular weight excluding hydrogens is 412 g/mol. The molecule has 4 rings (SSSR count). The Morgan fingerprint density at radius 1 is 1.13 bits per heavy atom. The Bertz CT molecular complexity index is 1020. The molecule has 162 valence electrons. The van der Waals surface area contributed by atoms with Crippen LogP contribution in [0, 0.1) is 6.92 Å². The van der Waals surface area contributed by atoms with Crippen LogP contribution >= 0.6 is 11.6 Å². The van der Waals surface area contributed by atoms with Crippen molar-refractivity contribution in [3.8, 4) is 11.3 Å². The topological polar surface area (TPSA) is 66.4 Å². The number of hydrogen-bond donors (Lipinski definition) is 1. The molecule has 1 saturated heterocycles. The van der Waals surface area contributed by atoms with Gasteiger partial charge in [0.2, 0.25) is 5.95 Å². The van der Waals surface area contributed by atoms with E-state index >= 15 is 0 Å². The summed E-state index contributed by atoms with van der Waals surface area (Å²) in [5.41, 5.74) is 3.82. The largest absolute Gasteiger partial charge is 0.379 e. The highest BCUT2D eigenvalue weighted by molar-refractivity contribution is 6.30. The number of anilines is 3. The normalized spacial score (nSPS) is 14.4. The lowest BCUT2D eigenvalue weighted by Crippen LogP contribution is -2.50. The summed E-state index contributed by atoms with van der Waals surface area (Å²) in [4.78, 5) is 13.8. The van der Waals surface area contributed by atoms with Crippen molar-refractivity contribution in [2.75, 3.05) is 43.2 Å². The molecule has 1 aliphatic rings. The molecular formula is C23H27ClN6O. The highest BCUT2D eigenvalue weighted by Gasteiger charge is 2.22. The number of nitrogens with zero attached hydrogens (tertiary/aromatic N) is 5. The van der Waals surface area contributed by atoms with Gasteiger partial charge in [0.25, 0.3) is 0 Å². The van der Waals surface area contributed by atoms with Gasteiger partial charge in [0, 0.05) is 53.9 Å². The maximum atomic E-state index is 6.09. The lowest BCUT2D eigenvalue weighted by Gasteiger charge is -2.38. The van der Waals surface area contributed by atoms with Crippen molar-refractivity contribution in [2.24, 2.45) is 0 Å². The van der Waals surface area contributed by atoms with Gasteiger partial charge in [-0.2, -0.15) is 0 Å². The molecule has 1 aliphatic heterocycles. The van der Waals surface area contributed by atoms with Gasteiger partial charge in [-0.3, -0.25) is 5.01 Å². The first-order chi connectivity index (χ1) is 15.2. The van der Waals surface area contributed by atoms with Crippen LogP contribution in [0.5, 0.6) is 0 Å². The number of hydrogen-bond acceptors (Lipinski definition) is 7. The number of hydrazine groups is 1. The van der Waals surface area contributed by atoms with Crippen molar-refractivity contribution in [1.82, 2.24) is 20.0 Å². The smallest absolute Gasteiger partial charge is 0.227 e. The molecule has 31 heavy (non-hydrogen) atoms. The van der Waals surface area contributed by atoms with Crippen molar-refractivity contribution in [2.45, 2.75) is 20.3 Å². The number of benzene rings is 1. The Kier molecular flexibility index (Phi) is 6.96. The third-order valence-corrected chi connectivity index (χ3v) is 5.43. The van der Waals surface area contributed by atoms with Crippen LogP contribution in [0.1, 0.15) is 18.9 Å². The van der Waals surface area contributed by atoms with Gasteiger partial charge in [-0.05, 0) is 43.7 Å². The summed E-state index contributed by atoms with van der Waals surface area (Å²) in [6.45, 7) is 8.41. The number of pyridine rings is 1. The van der Waals surface area contributed by atoms with E-state index in [-0.39, 0.29) is 0 Å². The predicted octanol–water partition coefficient (Wildman–Crippen LogP) is 4.71. The predicted molar refractivity (Wildman–Crippen MR) is 125 cm³/mol. The van der Waals surface area contributed by atoms with Gasteiger partial charge in [0.15, 0.2) is 0 Å². The number of ether oxygens (including phenoxy) is 1. The molecule has 0 spiro atoms. The fourth-order valence-corrected chi connectivity index (χ4v) is 3.91. The van der Waals surface area contributed by atoms with E-state index in [2.05, 4.69) is 34.2 Å². The van der Waals surface area contributed by atoms with E-state index in [0.29, 0.717) is 11.0 Å². The van der Waals surface area contributed by atoms with Crippen molar-refractivity contribution in [3.05, 3.63) is 59.4 Å². The van der Waals surface area contributed by atoms with Crippen molar-refractivity contribution < 1.29 is 4.74 Å². The van der Waals surface area contributed by atoms with Gasteiger partial charge in [-0.25, -0.2) is 20.0 Å². The molecule has 1 aromatic carbocycles. The Hall–Kier alpha value is -2.74. The number of nitrogens with one attached hydrogen (secondary N) is 1. The summed E-state index contributed by atoms with van der Waals surface area (Å²) in [5, 5.41) is 8.51. The van der Waals surface area contributed by atoms with E-state index in [1.807, 2.05) is 42.6 Å². The van der Waals surface area contributed by atoms with Crippen LogP contribution in [0.15, 0.2) is 48.8 Å². The second kappa shape index (κ2) is 10.0. The molecule has 0 saturated carbocycles. The van der Waals surface area contributed by atoms with E-state index in [1.54, 1.807) is 6.20 Å². The minimum atomic E-state index is 0.524. The van der Waals surface area contributed by atoms with Crippen molar-refractivity contribution in [1.29, 1.82) is 0 Å². The molecule has 0 bridgehead atoms. The zero-order valence-electron chi connectivity index (χ0n) is 17.9. The number of aromatic nitrogens is 3. The summed E-state index contributed by atoms with van der Waals surface area (Å²) in [5.74, 6) is 1.49. The van der Waals surface area contributed by atoms with Gasteiger partial charge in [0.05, 0.1) is 18.9 Å². The SMILES string of the molecule is CCCN(c1nccc(-c2ccnc(Nc3cccc(Cl)c3)n2)c1C)N1CCOCC1. The van der Waals surface area contributed by atoms with Crippen LogP contribution in [0.3, 0.4) is 0 Å². The van der Waals surface area contributed by atoms with Gasteiger partial charge in [0.1, 0.15) is 5.82 Å². The van der Waals surface area contributed by atoms with Crippen molar-refractivity contribution in [3.63, 3.8) is 0 Å². The monoisotopic (exact) mass is 438 g/mol. The second-order valence-electron chi connectivity index (χ2n) is 7.40. The highest BCUT2D eigenvalue weighted by Crippen LogP contribution is 2.30. The first-order valence-corrected chi connectivity index (χ1v) is 10.9. The first-order valence-electron chi connectivity index (χ1n) is 10.6. The lowest BCUT2D eigenvalue weighted by atomic mass is 10.1. The third-order valence-electron chi connectivity index (χ3n) is 5.20. The fourth-order valence-electron chi connectivity index (χ4n) is 3.71. The zero-order chi connectivity index (χ0) is 21.6. The Labute approximate surface area is 188 Å². The Balaban J connectivity index is 1.64. The molecule has 0 aliphatic carbocycles. The summed E-state index contributed by atoms with van der Waals surface area (Å²) < 4.78 is 5.54. The summed E-state index contributed by atoms with van der Waals surface area (Å²) >= 11 is 6.09. The molecule has 0 amide bonds. The molecule has 1 N–H and O–H groups in total. The average molecular weight is 439 g/mol. The highest BCUT2D eigenvalue weighted by atomic mass is 35.5. The molecule has 0 radical (unpaired) electrons. The maximum Gasteiger partial charge on any atom is 0.227 e. The maximum absolute atomic E-state index is 6.09. The van der Waals surface area contributed by atoms with E-state index < -0.39 is 0 Å². The second-order valence-corrected chi connectivity index (χ2v) is 7.83. The molecule has 3 heterocycles. The molecule has 0 unspecified atom stereocenters. The molecule has 0 atom stereocenters. The molecule has 8 heteroatoms. The number of rotatable bonds is 7. The van der Waals surface area contributed by atoms with Gasteiger partial charge >= 0.3 is 0 Å². The standard InChI is InChI=1S/C23H27ClN6O/c1-3-11-30(29-12-14-31-15-13-29)22-17(2)20(7-9-25-22)21-8-10-26-23(28-21)27-19-6-4-5-18(24)16-19/h4-10,16H,3,11-15H2,1-2H3,(H,26,27,28). The van der Waals surface area contributed by atoms with Crippen molar-refractivity contribution >= 4 is 29.1 Å². The number of morpholine rings is 1. The first kappa shape index (κ1) is 21.5. The van der Waals surface area contributed by atoms with Crippen LogP contribution in [-0.2, 0) is 4.74 Å². The van der Waals surface area contributed by atoms with Crippen LogP contribution < -0.4 is 10.3 Å². The average Bonchev–Trinajstić information content (AvgIpc) is 2.79. The third kappa shape index (κ3) is 5.12. The minimum absolute atomic E-state index is 0.524. The quantitative estimate of drug-likeness (QED) is 0.573. The molecule has 3 aromatic rings. The van der Waals surface area contributed by atoms with E-state index in [1.165, 1.54) is 0 Å². The van der Waals surface area contributed by atoms with Crippen LogP contribution in [0.25, 0.3) is 11.3 Å². The van der Waals surface area contributed by atoms with Crippen LogP contribution in [0.4, 0.5) is 17.5 Å². The Morgan fingerprint density at radius 3 is 2.71 bits per heavy atom. The van der Waals surface area contributed by atoms with E-state index in [0.717, 1.165) is 67.6 Å². The fraction of sp³-hybridized carbons (Fsp3) is 0.348. The molecule has 1 fully saturated rings. The summed E-state index contributed by atoms with van der Waals surface area (Å²) in [7, 11) is 0. The summed E-state index contributed by atoms with van der Waals surface area (Å²) in [6.07, 6.45) is 4.65. The minimum Gasteiger partial charge on any atom is -0.379 e. The summed E-state index contributed by atoms with van der Waals surface area (Å²) in [6, 6.07) is 11.4. The van der Waals surface area contributed by atoms with Gasteiger partial charge < -0.3 is 10.1 Å². The van der Waals surface area contributed by atoms with E-state index in [9.17, 15) is 0 Å². The molecule has 2 aromatic heterocycles. The van der Waals surface area contributed by atoms with E-state index in [4.69, 9.17) is 26.3 Å². The Morgan fingerprint density at radius 2 is 1.94 bits per heavy atom. The van der Waals surface area contributed by atoms with Gasteiger partial charge in [-0.1, -0.05) is 24.6 Å². The molecule has 7 nitrogen and oxygen atoms in total. The van der Waals surface area contributed by atoms with Crippen LogP contribution in [-0.4, -0.2) is 52.8 Å². The van der Waals surface area contributed by atoms with Crippen LogP contribution in [0.2, 0.25) is 5.02 Å². The zero-order valence-corrected chi connectivity index (χ0v) is 18.6.